The van der Waals surface area contributed by atoms with Gasteiger partial charge >= 0.3 is 11.9 Å². The number of non-ortho nitro benzene ring substituents is 1. The van der Waals surface area contributed by atoms with Crippen molar-refractivity contribution in [2.45, 2.75) is 26.7 Å². The Labute approximate surface area is 197 Å². The summed E-state index contributed by atoms with van der Waals surface area (Å²) in [5.74, 6) is -2.17. The molecule has 176 valence electrons. The molecule has 0 spiro atoms. The first-order valence-electron chi connectivity index (χ1n) is 10.9. The lowest BCUT2D eigenvalue weighted by Gasteiger charge is -2.30. The van der Waals surface area contributed by atoms with Gasteiger partial charge in [-0.05, 0) is 38.0 Å². The van der Waals surface area contributed by atoms with E-state index in [4.69, 9.17) is 9.47 Å². The number of nitro groups is 1. The van der Waals surface area contributed by atoms with Gasteiger partial charge in [-0.1, -0.05) is 48.5 Å². The Morgan fingerprint density at radius 2 is 1.62 bits per heavy atom. The maximum absolute atomic E-state index is 13.2. The zero-order valence-electron chi connectivity index (χ0n) is 19.2. The van der Waals surface area contributed by atoms with Crippen LogP contribution in [0, 0.1) is 10.1 Å². The lowest BCUT2D eigenvalue weighted by molar-refractivity contribution is -0.384. The molecule has 0 saturated heterocycles. The molecule has 2 aromatic rings. The van der Waals surface area contributed by atoms with E-state index in [1.807, 2.05) is 36.4 Å². The van der Waals surface area contributed by atoms with E-state index in [0.717, 1.165) is 5.56 Å². The lowest BCUT2D eigenvalue weighted by atomic mass is 9.80. The number of rotatable bonds is 8. The van der Waals surface area contributed by atoms with Gasteiger partial charge in [-0.2, -0.15) is 0 Å². The number of hydrogen-bond acceptors (Lipinski definition) is 7. The molecule has 0 aromatic heterocycles. The number of nitrogens with zero attached hydrogens (tertiary/aromatic N) is 1. The number of allylic oxidation sites excluding steroid dienone is 2. The van der Waals surface area contributed by atoms with Crippen molar-refractivity contribution in [3.8, 4) is 0 Å². The van der Waals surface area contributed by atoms with Gasteiger partial charge in [0.05, 0.1) is 35.2 Å². The first-order chi connectivity index (χ1) is 16.4. The molecular weight excluding hydrogens is 436 g/mol. The molecule has 3 rings (SSSR count). The molecule has 1 N–H and O–H groups in total. The molecule has 1 atom stereocenters. The molecular formula is C26H26N2O6. The van der Waals surface area contributed by atoms with Crippen LogP contribution in [0.2, 0.25) is 0 Å². The second-order valence-electron chi connectivity index (χ2n) is 7.46. The molecule has 2 aromatic carbocycles. The predicted octanol–water partition coefficient (Wildman–Crippen LogP) is 4.65. The Balaban J connectivity index is 2.24. The van der Waals surface area contributed by atoms with E-state index in [0.29, 0.717) is 17.0 Å². The summed E-state index contributed by atoms with van der Waals surface area (Å²) in [7, 11) is 0. The van der Waals surface area contributed by atoms with Gasteiger partial charge in [-0.25, -0.2) is 9.59 Å². The number of hydrogen-bond donors (Lipinski definition) is 1. The Bertz CT molecular complexity index is 1180. The highest BCUT2D eigenvalue weighted by atomic mass is 16.6. The van der Waals surface area contributed by atoms with Gasteiger partial charge in [0.1, 0.15) is 0 Å². The second-order valence-corrected chi connectivity index (χ2v) is 7.46. The average Bonchev–Trinajstić information content (AvgIpc) is 2.83. The van der Waals surface area contributed by atoms with Crippen molar-refractivity contribution < 1.29 is 24.0 Å². The lowest BCUT2D eigenvalue weighted by Crippen LogP contribution is -2.33. The van der Waals surface area contributed by atoms with Crippen molar-refractivity contribution in [2.24, 2.45) is 0 Å². The van der Waals surface area contributed by atoms with E-state index in [2.05, 4.69) is 5.32 Å². The zero-order chi connectivity index (χ0) is 24.7. The van der Waals surface area contributed by atoms with Crippen LogP contribution >= 0.6 is 0 Å². The smallest absolute Gasteiger partial charge is 0.337 e. The number of ether oxygens (including phenoxy) is 2. The number of carbonyl (C=O) groups excluding carboxylic acids is 2. The molecule has 1 aliphatic heterocycles. The largest absolute Gasteiger partial charge is 0.463 e. The number of nitro benzene ring substituents is 1. The minimum Gasteiger partial charge on any atom is -0.463 e. The third kappa shape index (κ3) is 5.40. The van der Waals surface area contributed by atoms with Crippen LogP contribution in [0.5, 0.6) is 0 Å². The van der Waals surface area contributed by atoms with Crippen LogP contribution in [-0.2, 0) is 19.1 Å². The number of carbonyl (C=O) groups is 2. The van der Waals surface area contributed by atoms with E-state index in [1.165, 1.54) is 18.2 Å². The van der Waals surface area contributed by atoms with Gasteiger partial charge in [-0.15, -0.1) is 0 Å². The van der Waals surface area contributed by atoms with Crippen molar-refractivity contribution in [2.75, 3.05) is 13.2 Å². The highest BCUT2D eigenvalue weighted by Crippen LogP contribution is 2.40. The fourth-order valence-electron chi connectivity index (χ4n) is 3.80. The summed E-state index contributed by atoms with van der Waals surface area (Å²) in [6, 6.07) is 15.4. The molecule has 1 unspecified atom stereocenters. The summed E-state index contributed by atoms with van der Waals surface area (Å²) in [5, 5.41) is 14.6. The molecule has 1 heterocycles. The van der Waals surface area contributed by atoms with E-state index in [9.17, 15) is 19.7 Å². The van der Waals surface area contributed by atoms with Crippen molar-refractivity contribution in [1.29, 1.82) is 0 Å². The van der Waals surface area contributed by atoms with Crippen LogP contribution in [0.4, 0.5) is 5.69 Å². The highest BCUT2D eigenvalue weighted by molar-refractivity contribution is 6.00. The maximum atomic E-state index is 13.2. The normalized spacial score (nSPS) is 15.8. The van der Waals surface area contributed by atoms with Crippen molar-refractivity contribution in [3.05, 3.63) is 104 Å². The number of benzene rings is 2. The van der Waals surface area contributed by atoms with Crippen LogP contribution in [0.1, 0.15) is 37.8 Å². The molecule has 0 aliphatic carbocycles. The Morgan fingerprint density at radius 3 is 2.24 bits per heavy atom. The monoisotopic (exact) mass is 462 g/mol. The standard InChI is InChI=1S/C26H26N2O6/c1-4-33-25(29)22-17(3)27-21(15-14-18-10-7-6-8-11-18)24(26(30)34-5-2)23(22)19-12-9-13-20(16-19)28(31)32/h6-16,23,27H,4-5H2,1-3H3/b15-14+. The van der Waals surface area contributed by atoms with Crippen molar-refractivity contribution in [1.82, 2.24) is 5.32 Å². The summed E-state index contributed by atoms with van der Waals surface area (Å²) in [6.45, 7) is 5.33. The fraction of sp³-hybridized carbons (Fsp3) is 0.231. The quantitative estimate of drug-likeness (QED) is 0.346. The van der Waals surface area contributed by atoms with Gasteiger partial charge < -0.3 is 14.8 Å². The van der Waals surface area contributed by atoms with Crippen molar-refractivity contribution in [3.63, 3.8) is 0 Å². The van der Waals surface area contributed by atoms with E-state index < -0.39 is 22.8 Å². The topological polar surface area (TPSA) is 108 Å². The molecule has 34 heavy (non-hydrogen) atoms. The summed E-state index contributed by atoms with van der Waals surface area (Å²) in [5.41, 5.74) is 2.45. The van der Waals surface area contributed by atoms with Gasteiger partial charge in [0, 0.05) is 23.5 Å². The van der Waals surface area contributed by atoms with Crippen molar-refractivity contribution >= 4 is 23.7 Å². The first kappa shape index (κ1) is 24.4. The second kappa shape index (κ2) is 11.1. The van der Waals surface area contributed by atoms with E-state index >= 15 is 0 Å². The highest BCUT2D eigenvalue weighted by Gasteiger charge is 2.39. The van der Waals surface area contributed by atoms with Crippen LogP contribution < -0.4 is 5.32 Å². The molecule has 8 heteroatoms. The summed E-state index contributed by atoms with van der Waals surface area (Å²) in [6.07, 6.45) is 3.56. The van der Waals surface area contributed by atoms with Gasteiger partial charge in [0.25, 0.3) is 5.69 Å². The number of dihydropyridines is 1. The minimum absolute atomic E-state index is 0.122. The molecule has 8 nitrogen and oxygen atoms in total. The van der Waals surface area contributed by atoms with Crippen LogP contribution in [0.3, 0.4) is 0 Å². The van der Waals surface area contributed by atoms with Gasteiger partial charge in [0.15, 0.2) is 0 Å². The third-order valence-corrected chi connectivity index (χ3v) is 5.24. The number of esters is 2. The van der Waals surface area contributed by atoms with Gasteiger partial charge in [-0.3, -0.25) is 10.1 Å². The molecule has 0 fully saturated rings. The van der Waals surface area contributed by atoms with Crippen LogP contribution in [0.15, 0.2) is 83.2 Å². The van der Waals surface area contributed by atoms with Gasteiger partial charge in [0.2, 0.25) is 0 Å². The molecule has 0 bridgehead atoms. The minimum atomic E-state index is -0.922. The molecule has 1 aliphatic rings. The Kier molecular flexibility index (Phi) is 7.97. The van der Waals surface area contributed by atoms with E-state index in [1.54, 1.807) is 32.9 Å². The number of nitrogens with one attached hydrogen (secondary N) is 1. The summed E-state index contributed by atoms with van der Waals surface area (Å²) >= 11 is 0. The van der Waals surface area contributed by atoms with Crippen LogP contribution in [0.25, 0.3) is 6.08 Å². The van der Waals surface area contributed by atoms with Crippen LogP contribution in [-0.4, -0.2) is 30.1 Å². The SMILES string of the molecule is CCOC(=O)C1=C(C)NC(/C=C/c2ccccc2)=C(C(=O)OCC)C1c1cccc([N+](=O)[O-])c1. The fourth-order valence-corrected chi connectivity index (χ4v) is 3.80. The average molecular weight is 463 g/mol. The molecule has 0 saturated carbocycles. The maximum Gasteiger partial charge on any atom is 0.337 e. The summed E-state index contributed by atoms with van der Waals surface area (Å²) in [4.78, 5) is 37.1. The third-order valence-electron chi connectivity index (χ3n) is 5.24. The van der Waals surface area contributed by atoms with E-state index in [-0.39, 0.29) is 30.0 Å². The Morgan fingerprint density at radius 1 is 0.971 bits per heavy atom. The Hall–Kier alpha value is -4.20. The first-order valence-corrected chi connectivity index (χ1v) is 10.9. The molecule has 0 radical (unpaired) electrons. The summed E-state index contributed by atoms with van der Waals surface area (Å²) < 4.78 is 10.6. The molecule has 0 amide bonds. The predicted molar refractivity (Wildman–Crippen MR) is 127 cm³/mol. The zero-order valence-corrected chi connectivity index (χ0v) is 19.2.